The first-order valence-corrected chi connectivity index (χ1v) is 16.3. The number of rotatable bonds is 15. The maximum absolute atomic E-state index is 14.6. The summed E-state index contributed by atoms with van der Waals surface area (Å²) in [4.78, 5) is 42.5. The summed E-state index contributed by atoms with van der Waals surface area (Å²) < 4.78 is 26.0. The first kappa shape index (κ1) is 36.4. The average Bonchev–Trinajstić information content (AvgIpc) is 3.02. The average molecular weight is 630 g/mol. The molecule has 0 unspecified atom stereocenters. The van der Waals surface area contributed by atoms with Gasteiger partial charge in [-0.1, -0.05) is 31.6 Å². The molecular formula is C35H52FN3O6. The molecule has 2 aliphatic heterocycles. The van der Waals surface area contributed by atoms with Crippen molar-refractivity contribution >= 4 is 30.4 Å². The van der Waals surface area contributed by atoms with Gasteiger partial charge in [0.25, 0.3) is 0 Å². The summed E-state index contributed by atoms with van der Waals surface area (Å²) in [5.74, 6) is -1.17. The van der Waals surface area contributed by atoms with E-state index in [1.165, 1.54) is 12.1 Å². The molecule has 1 amide bonds. The summed E-state index contributed by atoms with van der Waals surface area (Å²) in [5, 5.41) is 10.1. The first-order chi connectivity index (χ1) is 21.5. The van der Waals surface area contributed by atoms with Crippen molar-refractivity contribution in [1.29, 1.82) is 0 Å². The van der Waals surface area contributed by atoms with Gasteiger partial charge in [0.15, 0.2) is 0 Å². The molecule has 1 aromatic carbocycles. The molecule has 10 heteroatoms. The summed E-state index contributed by atoms with van der Waals surface area (Å²) in [6.45, 7) is 15.3. The molecule has 2 fully saturated rings. The van der Waals surface area contributed by atoms with Gasteiger partial charge in [-0.3, -0.25) is 4.90 Å². The van der Waals surface area contributed by atoms with Crippen molar-refractivity contribution in [3.05, 3.63) is 47.3 Å². The molecule has 2 aliphatic rings. The first-order valence-electron chi connectivity index (χ1n) is 16.3. The molecule has 1 N–H and O–H groups in total. The monoisotopic (exact) mass is 629 g/mol. The van der Waals surface area contributed by atoms with Crippen LogP contribution in [-0.2, 0) is 19.1 Å². The van der Waals surface area contributed by atoms with E-state index in [2.05, 4.69) is 23.6 Å². The fourth-order valence-electron chi connectivity index (χ4n) is 5.90. The van der Waals surface area contributed by atoms with E-state index in [4.69, 9.17) is 9.47 Å². The van der Waals surface area contributed by atoms with Crippen LogP contribution in [0.1, 0.15) is 59.4 Å². The number of hydrogen-bond donors (Lipinski definition) is 1. The Morgan fingerprint density at radius 3 is 2.31 bits per heavy atom. The molecule has 0 aliphatic carbocycles. The van der Waals surface area contributed by atoms with Gasteiger partial charge in [0.1, 0.15) is 24.5 Å². The van der Waals surface area contributed by atoms with Crippen LogP contribution in [0.25, 0.3) is 6.08 Å². The molecule has 0 spiro atoms. The van der Waals surface area contributed by atoms with Crippen molar-refractivity contribution in [3.8, 4) is 0 Å². The van der Waals surface area contributed by atoms with E-state index in [0.29, 0.717) is 70.1 Å². The number of piperazine rings is 1. The minimum atomic E-state index is -0.743. The number of allylic oxidation sites excluding steroid dienone is 2. The lowest BCUT2D eigenvalue weighted by Gasteiger charge is -2.37. The number of aliphatic hydroxyl groups is 1. The van der Waals surface area contributed by atoms with Crippen molar-refractivity contribution in [2.45, 2.75) is 72.1 Å². The topological polar surface area (TPSA) is 99.6 Å². The van der Waals surface area contributed by atoms with Gasteiger partial charge in [0.2, 0.25) is 0 Å². The molecule has 5 atom stereocenters. The zero-order chi connectivity index (χ0) is 32.9. The Kier molecular flexibility index (Phi) is 14.7. The Bertz CT molecular complexity index is 1160. The summed E-state index contributed by atoms with van der Waals surface area (Å²) in [6, 6.07) is 5.32. The number of aldehydes is 2. The molecule has 9 nitrogen and oxygen atoms in total. The zero-order valence-corrected chi connectivity index (χ0v) is 27.6. The normalized spacial score (nSPS) is 20.1. The maximum Gasteiger partial charge on any atom is 0.410 e. The molecule has 2 saturated heterocycles. The standard InChI is InChI=1S/C35H52FN3O6/c1-25(2)37-11-13-39(14-12-37)35(43)45-34(27(4)6-8-32(42)10-17-40)9-7-26(3)33(24-41)28(5)20-29-21-30(36)23-31(22-29)38-15-18-44-19-16-38/h7,9,17,20-27,32-34,42H,6,8,10-16,18-19H2,1-5H3/b9-7+,28-20+/t26-,27+,32+,33-,34+/m1/s1. The van der Waals surface area contributed by atoms with Crippen molar-refractivity contribution in [2.24, 2.45) is 17.8 Å². The van der Waals surface area contributed by atoms with Crippen LogP contribution < -0.4 is 4.90 Å². The van der Waals surface area contributed by atoms with Gasteiger partial charge in [-0.2, -0.15) is 0 Å². The van der Waals surface area contributed by atoms with Gasteiger partial charge in [-0.05, 0) is 75.3 Å². The zero-order valence-electron chi connectivity index (χ0n) is 27.6. The number of carbonyl (C=O) groups excluding carboxylic acids is 3. The Hall–Kier alpha value is -3.08. The summed E-state index contributed by atoms with van der Waals surface area (Å²) in [5.41, 5.74) is 2.27. The molecule has 0 bridgehead atoms. The van der Waals surface area contributed by atoms with E-state index >= 15 is 0 Å². The highest BCUT2D eigenvalue weighted by atomic mass is 19.1. The quantitative estimate of drug-likeness (QED) is 0.215. The van der Waals surface area contributed by atoms with E-state index in [1.807, 2.05) is 45.1 Å². The number of ether oxygens (including phenoxy) is 2. The Morgan fingerprint density at radius 1 is 1.00 bits per heavy atom. The number of halogens is 1. The van der Waals surface area contributed by atoms with Crippen molar-refractivity contribution < 1.29 is 33.4 Å². The number of aliphatic hydroxyl groups excluding tert-OH is 1. The second-order valence-corrected chi connectivity index (χ2v) is 12.7. The van der Waals surface area contributed by atoms with E-state index in [0.717, 1.165) is 30.6 Å². The lowest BCUT2D eigenvalue weighted by atomic mass is 9.86. The molecule has 0 aromatic heterocycles. The van der Waals surface area contributed by atoms with Gasteiger partial charge in [0.05, 0.1) is 19.3 Å². The van der Waals surface area contributed by atoms with Gasteiger partial charge in [0, 0.05) is 63.3 Å². The van der Waals surface area contributed by atoms with Crippen LogP contribution in [0.3, 0.4) is 0 Å². The van der Waals surface area contributed by atoms with E-state index in [9.17, 15) is 23.9 Å². The number of benzene rings is 1. The molecule has 45 heavy (non-hydrogen) atoms. The highest BCUT2D eigenvalue weighted by Gasteiger charge is 2.28. The minimum absolute atomic E-state index is 0.0655. The summed E-state index contributed by atoms with van der Waals surface area (Å²) in [7, 11) is 0. The number of morpholine rings is 1. The smallest absolute Gasteiger partial charge is 0.410 e. The van der Waals surface area contributed by atoms with E-state index in [1.54, 1.807) is 4.90 Å². The number of nitrogens with zero attached hydrogens (tertiary/aromatic N) is 3. The van der Waals surface area contributed by atoms with Crippen molar-refractivity contribution in [2.75, 3.05) is 57.4 Å². The maximum atomic E-state index is 14.6. The van der Waals surface area contributed by atoms with E-state index < -0.39 is 18.1 Å². The Labute approximate surface area is 268 Å². The summed E-state index contributed by atoms with van der Waals surface area (Å²) in [6.07, 6.45) is 6.50. The van der Waals surface area contributed by atoms with Crippen molar-refractivity contribution in [1.82, 2.24) is 9.80 Å². The lowest BCUT2D eigenvalue weighted by molar-refractivity contribution is -0.111. The largest absolute Gasteiger partial charge is 0.442 e. The molecular weight excluding hydrogens is 577 g/mol. The molecule has 0 radical (unpaired) electrons. The number of carbonyl (C=O) groups is 3. The second kappa shape index (κ2) is 18.2. The predicted octanol–water partition coefficient (Wildman–Crippen LogP) is 4.97. The van der Waals surface area contributed by atoms with E-state index in [-0.39, 0.29) is 30.2 Å². The predicted molar refractivity (Wildman–Crippen MR) is 175 cm³/mol. The van der Waals surface area contributed by atoms with Gasteiger partial charge in [-0.25, -0.2) is 9.18 Å². The SMILES string of the molecule is C/C(=C\c1cc(F)cc(N2CCOCC2)c1)[C@H](C=O)[C@H](C)/C=C/[C@H](OC(=O)N1CCN(C(C)C)CC1)[C@@H](C)CC[C@H](O)CC=O. The number of hydrogen-bond acceptors (Lipinski definition) is 8. The van der Waals surface area contributed by atoms with Crippen molar-refractivity contribution in [3.63, 3.8) is 0 Å². The third-order valence-electron chi connectivity index (χ3n) is 8.94. The third-order valence-corrected chi connectivity index (χ3v) is 8.94. The fraction of sp³-hybridized carbons (Fsp3) is 0.629. The minimum Gasteiger partial charge on any atom is -0.442 e. The highest BCUT2D eigenvalue weighted by molar-refractivity contribution is 5.69. The molecule has 0 saturated carbocycles. The van der Waals surface area contributed by atoms with Crippen LogP contribution in [0.4, 0.5) is 14.9 Å². The third kappa shape index (κ3) is 11.3. The second-order valence-electron chi connectivity index (χ2n) is 12.7. The Morgan fingerprint density at radius 2 is 1.69 bits per heavy atom. The fourth-order valence-corrected chi connectivity index (χ4v) is 5.90. The van der Waals surface area contributed by atoms with Crippen LogP contribution in [0, 0.1) is 23.6 Å². The molecule has 2 heterocycles. The van der Waals surface area contributed by atoms with Gasteiger partial charge in [-0.15, -0.1) is 0 Å². The highest BCUT2D eigenvalue weighted by Crippen LogP contribution is 2.27. The lowest BCUT2D eigenvalue weighted by Crippen LogP contribution is -2.51. The van der Waals surface area contributed by atoms with Crippen LogP contribution in [0.2, 0.25) is 0 Å². The Balaban J connectivity index is 1.74. The molecule has 1 aromatic rings. The van der Waals surface area contributed by atoms with Gasteiger partial charge < -0.3 is 34.0 Å². The number of anilines is 1. The molecule has 250 valence electrons. The number of amides is 1. The van der Waals surface area contributed by atoms with Crippen LogP contribution in [0.5, 0.6) is 0 Å². The van der Waals surface area contributed by atoms with Crippen LogP contribution >= 0.6 is 0 Å². The van der Waals surface area contributed by atoms with Gasteiger partial charge >= 0.3 is 6.09 Å². The summed E-state index contributed by atoms with van der Waals surface area (Å²) >= 11 is 0. The molecule has 3 rings (SSSR count). The van der Waals surface area contributed by atoms with Crippen LogP contribution in [-0.4, -0.2) is 104 Å². The van der Waals surface area contributed by atoms with Crippen LogP contribution in [0.15, 0.2) is 35.9 Å².